The summed E-state index contributed by atoms with van der Waals surface area (Å²) in [4.78, 5) is 38.1. The van der Waals surface area contributed by atoms with Crippen LogP contribution >= 0.6 is 0 Å². The van der Waals surface area contributed by atoms with Crippen molar-refractivity contribution < 1.29 is 28.6 Å². The van der Waals surface area contributed by atoms with Crippen LogP contribution in [0.5, 0.6) is 0 Å². The minimum Gasteiger partial charge on any atom is -0.462 e. The van der Waals surface area contributed by atoms with Crippen LogP contribution < -0.4 is 0 Å². The Morgan fingerprint density at radius 1 is 0.269 bits per heavy atom. The third-order valence-corrected chi connectivity index (χ3v) is 12.8. The number of carbonyl (C=O) groups is 3. The number of hydrogen-bond donors (Lipinski definition) is 0. The maximum Gasteiger partial charge on any atom is 0.306 e. The molecule has 0 bridgehead atoms. The third kappa shape index (κ3) is 61.9. The van der Waals surface area contributed by atoms with Crippen molar-refractivity contribution in [3.05, 3.63) is 158 Å². The van der Waals surface area contributed by atoms with E-state index in [1.807, 2.05) is 0 Å². The molecule has 6 nitrogen and oxygen atoms in total. The van der Waals surface area contributed by atoms with E-state index < -0.39 is 6.10 Å². The van der Waals surface area contributed by atoms with Gasteiger partial charge in [0, 0.05) is 19.3 Å². The molecule has 0 fully saturated rings. The Labute approximate surface area is 480 Å². The zero-order valence-corrected chi connectivity index (χ0v) is 50.1. The van der Waals surface area contributed by atoms with E-state index >= 15 is 0 Å². The van der Waals surface area contributed by atoms with E-state index in [1.54, 1.807) is 0 Å². The monoisotopic (exact) mass is 1070 g/mol. The highest BCUT2D eigenvalue weighted by atomic mass is 16.6. The second-order valence-corrected chi connectivity index (χ2v) is 20.2. The highest BCUT2D eigenvalue weighted by molar-refractivity contribution is 5.71. The van der Waals surface area contributed by atoms with E-state index in [0.717, 1.165) is 154 Å². The lowest BCUT2D eigenvalue weighted by Gasteiger charge is -2.18. The van der Waals surface area contributed by atoms with Gasteiger partial charge >= 0.3 is 17.9 Å². The lowest BCUT2D eigenvalue weighted by atomic mass is 10.1. The molecule has 438 valence electrons. The number of esters is 3. The lowest BCUT2D eigenvalue weighted by Crippen LogP contribution is -2.30. The number of rotatable bonds is 55. The van der Waals surface area contributed by atoms with Gasteiger partial charge < -0.3 is 14.2 Å². The molecule has 0 aromatic carbocycles. The molecule has 0 aromatic rings. The quantitative estimate of drug-likeness (QED) is 0.0261. The van der Waals surface area contributed by atoms with Gasteiger partial charge in [0.1, 0.15) is 13.2 Å². The van der Waals surface area contributed by atoms with Gasteiger partial charge in [-0.3, -0.25) is 14.4 Å². The molecule has 0 radical (unpaired) electrons. The molecule has 0 aliphatic heterocycles. The van der Waals surface area contributed by atoms with Gasteiger partial charge in [0.25, 0.3) is 0 Å². The lowest BCUT2D eigenvalue weighted by molar-refractivity contribution is -0.167. The molecule has 1 unspecified atom stereocenters. The van der Waals surface area contributed by atoms with Gasteiger partial charge in [0.2, 0.25) is 0 Å². The minimum atomic E-state index is -0.802. The van der Waals surface area contributed by atoms with Crippen molar-refractivity contribution in [2.45, 2.75) is 264 Å². The predicted molar refractivity (Wildman–Crippen MR) is 338 cm³/mol. The Morgan fingerprint density at radius 3 is 0.795 bits per heavy atom. The van der Waals surface area contributed by atoms with Crippen LogP contribution in [0.3, 0.4) is 0 Å². The predicted octanol–water partition coefficient (Wildman–Crippen LogP) is 21.7. The largest absolute Gasteiger partial charge is 0.462 e. The summed E-state index contributed by atoms with van der Waals surface area (Å²) in [6.07, 6.45) is 94.0. The molecule has 1 atom stereocenters. The van der Waals surface area contributed by atoms with E-state index in [1.165, 1.54) is 64.2 Å². The number of hydrogen-bond acceptors (Lipinski definition) is 6. The standard InChI is InChI=1S/C72H114O6/c1-4-7-10-13-16-19-21-23-25-27-29-31-32-33-34-35-36-37-38-39-40-42-43-45-47-49-51-53-56-59-62-65-71(74)77-68-69(67-76-70(73)64-61-58-55-18-15-12-9-6-3)78-72(75)66-63-60-57-54-52-50-48-46-44-41-30-28-26-24-22-20-17-14-11-8-5-2/h7-8,10-11,16-17,19-20,23-26,29-31,33-34,36-37,39-41,43,45,49,51,69H,4-6,9,12-15,18,21-22,27-28,32,35,38,42,44,46-48,50,52-68H2,1-3H3/b10-7-,11-8-,19-16-,20-17-,25-23-,26-24-,31-29-,34-33-,37-36-,40-39-,41-30-,45-43-,51-49-. The molecule has 0 heterocycles. The molecule has 0 aliphatic carbocycles. The van der Waals surface area contributed by atoms with Crippen LogP contribution in [0.2, 0.25) is 0 Å². The number of unbranched alkanes of at least 4 members (excludes halogenated alkanes) is 18. The van der Waals surface area contributed by atoms with Gasteiger partial charge in [0.15, 0.2) is 6.10 Å². The Morgan fingerprint density at radius 2 is 0.500 bits per heavy atom. The van der Waals surface area contributed by atoms with Crippen LogP contribution in [0.4, 0.5) is 0 Å². The number of ether oxygens (including phenoxy) is 3. The van der Waals surface area contributed by atoms with Crippen LogP contribution in [-0.2, 0) is 28.6 Å². The fraction of sp³-hybridized carbons (Fsp3) is 0.597. The Balaban J connectivity index is 4.31. The molecule has 6 heteroatoms. The summed E-state index contributed by atoms with van der Waals surface area (Å²) in [6.45, 7) is 6.34. The van der Waals surface area contributed by atoms with Crippen LogP contribution in [0.1, 0.15) is 258 Å². The maximum absolute atomic E-state index is 12.9. The summed E-state index contributed by atoms with van der Waals surface area (Å²) in [6, 6.07) is 0. The van der Waals surface area contributed by atoms with Crippen molar-refractivity contribution in [2.24, 2.45) is 0 Å². The van der Waals surface area contributed by atoms with Crippen molar-refractivity contribution in [3.8, 4) is 0 Å². The highest BCUT2D eigenvalue weighted by Crippen LogP contribution is 2.14. The molecule has 0 amide bonds. The second-order valence-electron chi connectivity index (χ2n) is 20.2. The summed E-state index contributed by atoms with van der Waals surface area (Å²) >= 11 is 0. The van der Waals surface area contributed by atoms with Crippen molar-refractivity contribution in [3.63, 3.8) is 0 Å². The molecular formula is C72H114O6. The van der Waals surface area contributed by atoms with Crippen LogP contribution in [-0.4, -0.2) is 37.2 Å². The van der Waals surface area contributed by atoms with E-state index in [2.05, 4.69) is 179 Å². The SMILES string of the molecule is CC/C=C\C/C=C\C/C=C\C/C=C\C/C=C\C/C=C\C/C=C\C/C=C\C/C=C\CCCCCC(=O)OCC(COC(=O)CCCCCCCCCC)OC(=O)CCCCCCCCCC/C=C\C/C=C\C/C=C\C/C=C\CC. The van der Waals surface area contributed by atoms with Crippen LogP contribution in [0, 0.1) is 0 Å². The van der Waals surface area contributed by atoms with E-state index in [-0.39, 0.29) is 31.1 Å². The molecule has 0 saturated carbocycles. The maximum atomic E-state index is 12.9. The van der Waals surface area contributed by atoms with Crippen LogP contribution in [0.15, 0.2) is 158 Å². The first-order chi connectivity index (χ1) is 38.5. The molecule has 0 saturated heterocycles. The normalized spacial score (nSPS) is 13.2. The third-order valence-electron chi connectivity index (χ3n) is 12.8. The van der Waals surface area contributed by atoms with Crippen molar-refractivity contribution >= 4 is 17.9 Å². The average molecular weight is 1080 g/mol. The van der Waals surface area contributed by atoms with Crippen molar-refractivity contribution in [2.75, 3.05) is 13.2 Å². The van der Waals surface area contributed by atoms with Crippen LogP contribution in [0.25, 0.3) is 0 Å². The van der Waals surface area contributed by atoms with E-state index in [9.17, 15) is 14.4 Å². The number of carbonyl (C=O) groups excluding carboxylic acids is 3. The fourth-order valence-electron chi connectivity index (χ4n) is 8.13. The molecular weight excluding hydrogens is 961 g/mol. The fourth-order valence-corrected chi connectivity index (χ4v) is 8.13. The highest BCUT2D eigenvalue weighted by Gasteiger charge is 2.19. The summed E-state index contributed by atoms with van der Waals surface area (Å²) in [5.74, 6) is -0.948. The Hall–Kier alpha value is -4.97. The first-order valence-corrected chi connectivity index (χ1v) is 31.5. The molecule has 0 N–H and O–H groups in total. The summed E-state index contributed by atoms with van der Waals surface area (Å²) in [7, 11) is 0. The van der Waals surface area contributed by atoms with Crippen molar-refractivity contribution in [1.29, 1.82) is 0 Å². The smallest absolute Gasteiger partial charge is 0.306 e. The second kappa shape index (κ2) is 64.6. The van der Waals surface area contributed by atoms with Gasteiger partial charge in [-0.2, -0.15) is 0 Å². The summed E-state index contributed by atoms with van der Waals surface area (Å²) in [5, 5.41) is 0. The molecule has 0 aromatic heterocycles. The van der Waals surface area contributed by atoms with Gasteiger partial charge in [-0.25, -0.2) is 0 Å². The summed E-state index contributed by atoms with van der Waals surface area (Å²) in [5.41, 5.74) is 0. The zero-order chi connectivity index (χ0) is 56.4. The Kier molecular flexibility index (Phi) is 60.4. The molecule has 0 rings (SSSR count). The average Bonchev–Trinajstić information content (AvgIpc) is 3.44. The van der Waals surface area contributed by atoms with Gasteiger partial charge in [0.05, 0.1) is 0 Å². The van der Waals surface area contributed by atoms with Gasteiger partial charge in [-0.1, -0.05) is 269 Å². The number of allylic oxidation sites excluding steroid dienone is 26. The van der Waals surface area contributed by atoms with Gasteiger partial charge in [-0.15, -0.1) is 0 Å². The minimum absolute atomic E-state index is 0.0968. The van der Waals surface area contributed by atoms with Gasteiger partial charge in [-0.05, 0) is 128 Å². The molecule has 0 spiro atoms. The first-order valence-electron chi connectivity index (χ1n) is 31.5. The first kappa shape index (κ1) is 73.0. The summed E-state index contributed by atoms with van der Waals surface area (Å²) < 4.78 is 16.8. The molecule has 0 aliphatic rings. The zero-order valence-electron chi connectivity index (χ0n) is 50.1. The van der Waals surface area contributed by atoms with Crippen molar-refractivity contribution in [1.82, 2.24) is 0 Å². The van der Waals surface area contributed by atoms with E-state index in [0.29, 0.717) is 19.3 Å². The van der Waals surface area contributed by atoms with E-state index in [4.69, 9.17) is 14.2 Å². The Bertz CT molecular complexity index is 1760. The topological polar surface area (TPSA) is 78.9 Å². The molecule has 78 heavy (non-hydrogen) atoms.